The molecule has 29 heavy (non-hydrogen) atoms. The van der Waals surface area contributed by atoms with Gasteiger partial charge in [0.25, 0.3) is 0 Å². The third kappa shape index (κ3) is 4.70. The molecule has 0 radical (unpaired) electrons. The van der Waals surface area contributed by atoms with Crippen LogP contribution in [-0.2, 0) is 20.8 Å². The highest BCUT2D eigenvalue weighted by Gasteiger charge is 2.24. The lowest BCUT2D eigenvalue weighted by Gasteiger charge is -2.26. The molecule has 0 atom stereocenters. The van der Waals surface area contributed by atoms with Gasteiger partial charge < -0.3 is 9.47 Å². The standard InChI is InChI=1S/C21H19N5O3/c22-25-24-18-7-3-15(4-8-18)13-19-21(27)29-20(23-19)17-5-1-16(2-6-17)14-26-9-11-28-12-10-26/h1-8,13H,9-12,14H2/b19-13+. The van der Waals surface area contributed by atoms with Crippen LogP contribution in [0.15, 0.2) is 64.3 Å². The molecule has 146 valence electrons. The fraction of sp³-hybridized carbons (Fsp3) is 0.238. The first-order chi connectivity index (χ1) is 14.2. The zero-order chi connectivity index (χ0) is 20.1. The van der Waals surface area contributed by atoms with Gasteiger partial charge in [-0.2, -0.15) is 0 Å². The highest BCUT2D eigenvalue weighted by atomic mass is 16.6. The van der Waals surface area contributed by atoms with Crippen molar-refractivity contribution in [2.45, 2.75) is 6.54 Å². The van der Waals surface area contributed by atoms with Gasteiger partial charge in [0, 0.05) is 35.8 Å². The minimum absolute atomic E-state index is 0.230. The second-order valence-electron chi connectivity index (χ2n) is 6.70. The molecule has 8 heteroatoms. The van der Waals surface area contributed by atoms with Gasteiger partial charge >= 0.3 is 5.97 Å². The van der Waals surface area contributed by atoms with Crippen LogP contribution in [0.5, 0.6) is 0 Å². The lowest BCUT2D eigenvalue weighted by molar-refractivity contribution is -0.129. The SMILES string of the molecule is [N-]=[N+]=Nc1ccc(/C=C2/N=C(c3ccc(CN4CCOCC4)cc3)OC2=O)cc1. The largest absolute Gasteiger partial charge is 0.402 e. The quantitative estimate of drug-likeness (QED) is 0.255. The van der Waals surface area contributed by atoms with Crippen molar-refractivity contribution in [3.8, 4) is 0 Å². The smallest absolute Gasteiger partial charge is 0.363 e. The second-order valence-corrected chi connectivity index (χ2v) is 6.70. The van der Waals surface area contributed by atoms with Gasteiger partial charge in [0.05, 0.1) is 13.2 Å². The van der Waals surface area contributed by atoms with Crippen LogP contribution in [0.4, 0.5) is 5.69 Å². The third-order valence-corrected chi connectivity index (χ3v) is 4.69. The van der Waals surface area contributed by atoms with Gasteiger partial charge in [-0.25, -0.2) is 9.79 Å². The molecule has 0 aromatic heterocycles. The van der Waals surface area contributed by atoms with E-state index < -0.39 is 5.97 Å². The van der Waals surface area contributed by atoms with E-state index in [0.717, 1.165) is 44.0 Å². The van der Waals surface area contributed by atoms with E-state index in [1.54, 1.807) is 30.3 Å². The Morgan fingerprint density at radius 1 is 1.10 bits per heavy atom. The number of hydrogen-bond donors (Lipinski definition) is 0. The third-order valence-electron chi connectivity index (χ3n) is 4.69. The van der Waals surface area contributed by atoms with Gasteiger partial charge in [-0.1, -0.05) is 41.5 Å². The van der Waals surface area contributed by atoms with Gasteiger partial charge in [0.1, 0.15) is 0 Å². The van der Waals surface area contributed by atoms with E-state index >= 15 is 0 Å². The van der Waals surface area contributed by atoms with E-state index in [1.807, 2.05) is 24.3 Å². The molecule has 1 saturated heterocycles. The van der Waals surface area contributed by atoms with Crippen molar-refractivity contribution in [1.29, 1.82) is 0 Å². The maximum Gasteiger partial charge on any atom is 0.363 e. The number of rotatable bonds is 5. The minimum atomic E-state index is -0.489. The lowest BCUT2D eigenvalue weighted by atomic mass is 10.1. The van der Waals surface area contributed by atoms with Crippen LogP contribution < -0.4 is 0 Å². The Bertz CT molecular complexity index is 1000. The molecular weight excluding hydrogens is 370 g/mol. The van der Waals surface area contributed by atoms with E-state index in [2.05, 4.69) is 19.9 Å². The molecule has 4 rings (SSSR count). The molecule has 0 saturated carbocycles. The van der Waals surface area contributed by atoms with E-state index in [9.17, 15) is 4.79 Å². The monoisotopic (exact) mass is 389 g/mol. The number of benzene rings is 2. The molecule has 8 nitrogen and oxygen atoms in total. The Hall–Kier alpha value is -3.45. The van der Waals surface area contributed by atoms with Gasteiger partial charge in [-0.3, -0.25) is 4.90 Å². The summed E-state index contributed by atoms with van der Waals surface area (Å²) in [7, 11) is 0. The molecule has 2 aromatic carbocycles. The zero-order valence-electron chi connectivity index (χ0n) is 15.7. The van der Waals surface area contributed by atoms with Crippen LogP contribution in [-0.4, -0.2) is 43.1 Å². The molecule has 2 aliphatic rings. The molecule has 0 unspecified atom stereocenters. The Labute approximate surface area is 167 Å². The van der Waals surface area contributed by atoms with Crippen molar-refractivity contribution < 1.29 is 14.3 Å². The molecule has 2 aromatic rings. The summed E-state index contributed by atoms with van der Waals surface area (Å²) < 4.78 is 10.7. The average Bonchev–Trinajstić information content (AvgIpc) is 3.11. The molecule has 2 heterocycles. The van der Waals surface area contributed by atoms with Crippen LogP contribution in [0, 0.1) is 0 Å². The fourth-order valence-electron chi connectivity index (χ4n) is 3.15. The maximum absolute atomic E-state index is 12.2. The first-order valence-corrected chi connectivity index (χ1v) is 9.28. The number of aliphatic imine (C=N–C) groups is 1. The molecular formula is C21H19N5O3. The molecule has 1 fully saturated rings. The Morgan fingerprint density at radius 2 is 1.83 bits per heavy atom. The van der Waals surface area contributed by atoms with E-state index in [-0.39, 0.29) is 5.70 Å². The summed E-state index contributed by atoms with van der Waals surface area (Å²) in [6.45, 7) is 4.28. The molecule has 2 aliphatic heterocycles. The number of carbonyl (C=O) groups is 1. The number of hydrogen-bond acceptors (Lipinski definition) is 6. The first-order valence-electron chi connectivity index (χ1n) is 9.28. The van der Waals surface area contributed by atoms with Crippen molar-refractivity contribution in [3.05, 3.63) is 81.4 Å². The van der Waals surface area contributed by atoms with Crippen molar-refractivity contribution in [1.82, 2.24) is 4.90 Å². The van der Waals surface area contributed by atoms with Crippen molar-refractivity contribution in [3.63, 3.8) is 0 Å². The molecule has 0 bridgehead atoms. The minimum Gasteiger partial charge on any atom is -0.402 e. The predicted octanol–water partition coefficient (Wildman–Crippen LogP) is 3.81. The summed E-state index contributed by atoms with van der Waals surface area (Å²) in [6, 6.07) is 14.7. The number of morpholine rings is 1. The van der Waals surface area contributed by atoms with Gasteiger partial charge in [-0.15, -0.1) is 0 Å². The Balaban J connectivity index is 1.47. The summed E-state index contributed by atoms with van der Waals surface area (Å²) in [4.78, 5) is 21.6. The second kappa shape index (κ2) is 8.70. The highest BCUT2D eigenvalue weighted by molar-refractivity contribution is 6.12. The van der Waals surface area contributed by atoms with Crippen LogP contribution in [0.2, 0.25) is 0 Å². The number of cyclic esters (lactones) is 1. The lowest BCUT2D eigenvalue weighted by Crippen LogP contribution is -2.35. The van der Waals surface area contributed by atoms with Gasteiger partial charge in [-0.05, 0) is 34.9 Å². The van der Waals surface area contributed by atoms with E-state index in [4.69, 9.17) is 15.0 Å². The highest BCUT2D eigenvalue weighted by Crippen LogP contribution is 2.21. The van der Waals surface area contributed by atoms with Crippen LogP contribution in [0.1, 0.15) is 16.7 Å². The molecule has 0 N–H and O–H groups in total. The maximum atomic E-state index is 12.2. The number of carbonyl (C=O) groups excluding carboxylic acids is 1. The van der Waals surface area contributed by atoms with Crippen LogP contribution in [0.3, 0.4) is 0 Å². The van der Waals surface area contributed by atoms with Crippen LogP contribution in [0.25, 0.3) is 16.5 Å². The fourth-order valence-corrected chi connectivity index (χ4v) is 3.15. The van der Waals surface area contributed by atoms with Crippen molar-refractivity contribution in [2.75, 3.05) is 26.3 Å². The average molecular weight is 389 g/mol. The van der Waals surface area contributed by atoms with Gasteiger partial charge in [0.2, 0.25) is 5.90 Å². The van der Waals surface area contributed by atoms with E-state index in [1.165, 1.54) is 5.56 Å². The Kier molecular flexibility index (Phi) is 5.67. The number of ether oxygens (including phenoxy) is 2. The van der Waals surface area contributed by atoms with Gasteiger partial charge in [0.15, 0.2) is 5.70 Å². The zero-order valence-corrected chi connectivity index (χ0v) is 15.7. The summed E-state index contributed by atoms with van der Waals surface area (Å²) in [5.41, 5.74) is 11.9. The van der Waals surface area contributed by atoms with Crippen LogP contribution >= 0.6 is 0 Å². The first kappa shape index (κ1) is 18.9. The molecule has 0 amide bonds. The number of esters is 1. The summed E-state index contributed by atoms with van der Waals surface area (Å²) >= 11 is 0. The normalized spacial score (nSPS) is 18.3. The topological polar surface area (TPSA) is 99.9 Å². The Morgan fingerprint density at radius 3 is 2.52 bits per heavy atom. The molecule has 0 spiro atoms. The van der Waals surface area contributed by atoms with Crippen molar-refractivity contribution in [2.24, 2.45) is 10.1 Å². The number of azide groups is 1. The summed E-state index contributed by atoms with van der Waals surface area (Å²) in [5.74, 6) is -0.193. The van der Waals surface area contributed by atoms with E-state index in [0.29, 0.717) is 11.6 Å². The van der Waals surface area contributed by atoms with Crippen molar-refractivity contribution >= 4 is 23.6 Å². The summed E-state index contributed by atoms with van der Waals surface area (Å²) in [5, 5.41) is 3.52. The molecule has 0 aliphatic carbocycles. The summed E-state index contributed by atoms with van der Waals surface area (Å²) in [6.07, 6.45) is 1.64. The number of nitrogens with zero attached hydrogens (tertiary/aromatic N) is 5. The predicted molar refractivity (Wildman–Crippen MR) is 108 cm³/mol.